The van der Waals surface area contributed by atoms with Crippen molar-refractivity contribution < 1.29 is 18.2 Å². The first-order chi connectivity index (χ1) is 7.65. The predicted octanol–water partition coefficient (Wildman–Crippen LogP) is 1.60. The van der Waals surface area contributed by atoms with Crippen molar-refractivity contribution in [3.63, 3.8) is 0 Å². The highest BCUT2D eigenvalue weighted by molar-refractivity contribution is 6.02. The number of carbonyl (C=O) groups excluding carboxylic acids is 1. The first-order valence-corrected chi connectivity index (χ1v) is 4.20. The molecule has 0 saturated carbocycles. The zero-order chi connectivity index (χ0) is 11.5. The third-order valence-electron chi connectivity index (χ3n) is 1.71. The minimum absolute atomic E-state index is 0.00880. The minimum atomic E-state index is -0.784. The summed E-state index contributed by atoms with van der Waals surface area (Å²) in [5.74, 6) is -2.23. The van der Waals surface area contributed by atoms with Gasteiger partial charge in [0.2, 0.25) is 0 Å². The van der Waals surface area contributed by atoms with E-state index in [9.17, 15) is 13.6 Å². The van der Waals surface area contributed by atoms with E-state index in [1.807, 2.05) is 0 Å². The van der Waals surface area contributed by atoms with Crippen molar-refractivity contribution in [2.75, 3.05) is 5.32 Å². The van der Waals surface area contributed by atoms with Crippen molar-refractivity contribution in [2.24, 2.45) is 0 Å². The molecule has 0 aliphatic carbocycles. The highest BCUT2D eigenvalue weighted by Crippen LogP contribution is 2.13. The number of rotatable bonds is 2. The molecule has 7 heteroatoms. The molecule has 1 aromatic heterocycles. The third-order valence-corrected chi connectivity index (χ3v) is 1.71. The van der Waals surface area contributed by atoms with Crippen LogP contribution in [0.1, 0.15) is 10.5 Å². The Balaban J connectivity index is 2.18. The minimum Gasteiger partial charge on any atom is -0.320 e. The maximum atomic E-state index is 12.8. The van der Waals surface area contributed by atoms with E-state index in [0.29, 0.717) is 6.07 Å². The summed E-state index contributed by atoms with van der Waals surface area (Å²) in [6.07, 6.45) is 1.09. The summed E-state index contributed by atoms with van der Waals surface area (Å²) in [6, 6.07) is 2.66. The van der Waals surface area contributed by atoms with E-state index in [1.165, 1.54) is 0 Å². The molecule has 1 N–H and O–H groups in total. The number of nitrogens with zero attached hydrogens (tertiary/aromatic N) is 2. The average molecular weight is 225 g/mol. The van der Waals surface area contributed by atoms with E-state index in [2.05, 4.69) is 20.3 Å². The lowest BCUT2D eigenvalue weighted by molar-refractivity contribution is 0.101. The molecule has 0 atom stereocenters. The van der Waals surface area contributed by atoms with Crippen LogP contribution in [-0.4, -0.2) is 16.2 Å². The normalized spacial score (nSPS) is 10.1. The second-order valence-corrected chi connectivity index (χ2v) is 2.90. The molecule has 0 saturated heterocycles. The van der Waals surface area contributed by atoms with Gasteiger partial charge in [-0.2, -0.15) is 0 Å². The van der Waals surface area contributed by atoms with Gasteiger partial charge in [0.15, 0.2) is 5.69 Å². The molecule has 2 rings (SSSR count). The van der Waals surface area contributed by atoms with Crippen molar-refractivity contribution in [1.29, 1.82) is 0 Å². The second kappa shape index (κ2) is 4.05. The number of benzene rings is 1. The van der Waals surface area contributed by atoms with Gasteiger partial charge in [-0.25, -0.2) is 13.4 Å². The molecule has 0 radical (unpaired) electrons. The highest BCUT2D eigenvalue weighted by Gasteiger charge is 2.11. The first-order valence-electron chi connectivity index (χ1n) is 4.20. The highest BCUT2D eigenvalue weighted by atomic mass is 19.1. The number of amides is 1. The zero-order valence-corrected chi connectivity index (χ0v) is 7.78. The Morgan fingerprint density at radius 1 is 1.25 bits per heavy atom. The molecule has 2 aromatic rings. The Bertz CT molecular complexity index is 493. The van der Waals surface area contributed by atoms with Crippen LogP contribution in [0.25, 0.3) is 0 Å². The van der Waals surface area contributed by atoms with Gasteiger partial charge in [-0.3, -0.25) is 4.79 Å². The van der Waals surface area contributed by atoms with Crippen LogP contribution >= 0.6 is 0 Å². The van der Waals surface area contributed by atoms with Crippen molar-refractivity contribution in [2.45, 2.75) is 0 Å². The van der Waals surface area contributed by atoms with E-state index < -0.39 is 17.5 Å². The molecule has 0 aliphatic heterocycles. The molecule has 82 valence electrons. The van der Waals surface area contributed by atoms with Gasteiger partial charge in [-0.15, -0.1) is 0 Å². The van der Waals surface area contributed by atoms with Crippen molar-refractivity contribution in [3.05, 3.63) is 41.7 Å². The summed E-state index contributed by atoms with van der Waals surface area (Å²) in [5, 5.41) is 8.74. The maximum absolute atomic E-state index is 12.8. The van der Waals surface area contributed by atoms with Gasteiger partial charge < -0.3 is 5.32 Å². The summed E-state index contributed by atoms with van der Waals surface area (Å²) in [6.45, 7) is 0. The second-order valence-electron chi connectivity index (χ2n) is 2.90. The summed E-state index contributed by atoms with van der Waals surface area (Å²) in [5.41, 5.74) is -0.0878. The lowest BCUT2D eigenvalue weighted by Crippen LogP contribution is -2.12. The van der Waals surface area contributed by atoms with Crippen LogP contribution in [0.3, 0.4) is 0 Å². The van der Waals surface area contributed by atoms with Crippen LogP contribution in [-0.2, 0) is 0 Å². The quantitative estimate of drug-likeness (QED) is 0.842. The van der Waals surface area contributed by atoms with Crippen LogP contribution < -0.4 is 5.32 Å². The molecule has 0 spiro atoms. The van der Waals surface area contributed by atoms with Crippen molar-refractivity contribution in [1.82, 2.24) is 10.3 Å². The lowest BCUT2D eigenvalue weighted by atomic mass is 10.3. The SMILES string of the molecule is O=C(Nc1cc(F)cc(F)c1)c1cnon1. The van der Waals surface area contributed by atoms with Gasteiger partial charge in [0.05, 0.1) is 0 Å². The monoisotopic (exact) mass is 225 g/mol. The number of nitrogens with one attached hydrogen (secondary N) is 1. The number of halogens is 2. The Kier molecular flexibility index (Phi) is 2.59. The van der Waals surface area contributed by atoms with Gasteiger partial charge in [0, 0.05) is 11.8 Å². The molecule has 0 unspecified atom stereocenters. The van der Waals surface area contributed by atoms with E-state index in [-0.39, 0.29) is 11.4 Å². The van der Waals surface area contributed by atoms with Gasteiger partial charge >= 0.3 is 0 Å². The lowest BCUT2D eigenvalue weighted by Gasteiger charge is -2.02. The van der Waals surface area contributed by atoms with E-state index >= 15 is 0 Å². The van der Waals surface area contributed by atoms with Gasteiger partial charge in [0.25, 0.3) is 5.91 Å². The third kappa shape index (κ3) is 2.19. The Morgan fingerprint density at radius 2 is 1.94 bits per heavy atom. The molecule has 0 aliphatic rings. The number of anilines is 1. The Labute approximate surface area is 88.0 Å². The van der Waals surface area contributed by atoms with E-state index in [4.69, 9.17) is 0 Å². The van der Waals surface area contributed by atoms with Gasteiger partial charge in [-0.1, -0.05) is 5.16 Å². The summed E-state index contributed by atoms with van der Waals surface area (Å²) >= 11 is 0. The zero-order valence-electron chi connectivity index (χ0n) is 7.78. The van der Waals surface area contributed by atoms with E-state index in [1.54, 1.807) is 0 Å². The van der Waals surface area contributed by atoms with Crippen LogP contribution in [0.5, 0.6) is 0 Å². The standard InChI is InChI=1S/C9H5F2N3O2/c10-5-1-6(11)3-7(2-5)13-9(15)8-4-12-16-14-8/h1-4H,(H,13,15). The molecule has 1 aromatic carbocycles. The molecule has 0 bridgehead atoms. The number of hydrogen-bond acceptors (Lipinski definition) is 4. The predicted molar refractivity (Wildman–Crippen MR) is 48.6 cm³/mol. The summed E-state index contributed by atoms with van der Waals surface area (Å²) < 4.78 is 29.8. The van der Waals surface area contributed by atoms with Gasteiger partial charge in [-0.05, 0) is 17.3 Å². The van der Waals surface area contributed by atoms with E-state index in [0.717, 1.165) is 18.3 Å². The number of carbonyl (C=O) groups is 1. The largest absolute Gasteiger partial charge is 0.320 e. The smallest absolute Gasteiger partial charge is 0.279 e. The topological polar surface area (TPSA) is 68.0 Å². The fraction of sp³-hybridized carbons (Fsp3) is 0. The molecule has 16 heavy (non-hydrogen) atoms. The summed E-state index contributed by atoms with van der Waals surface area (Å²) in [7, 11) is 0. The molecular formula is C9H5F2N3O2. The molecule has 1 amide bonds. The van der Waals surface area contributed by atoms with Crippen LogP contribution in [0.15, 0.2) is 29.0 Å². The number of hydrogen-bond donors (Lipinski definition) is 1. The Morgan fingerprint density at radius 3 is 2.50 bits per heavy atom. The maximum Gasteiger partial charge on any atom is 0.279 e. The fourth-order valence-corrected chi connectivity index (χ4v) is 1.09. The van der Waals surface area contributed by atoms with Crippen LogP contribution in [0.4, 0.5) is 14.5 Å². The molecule has 5 nitrogen and oxygen atoms in total. The van der Waals surface area contributed by atoms with Gasteiger partial charge in [0.1, 0.15) is 17.8 Å². The Hall–Kier alpha value is -2.31. The summed E-state index contributed by atoms with van der Waals surface area (Å²) in [4.78, 5) is 11.4. The first kappa shape index (κ1) is 10.2. The van der Waals surface area contributed by atoms with Crippen molar-refractivity contribution >= 4 is 11.6 Å². The van der Waals surface area contributed by atoms with Crippen LogP contribution in [0, 0.1) is 11.6 Å². The average Bonchev–Trinajstić information content (AvgIpc) is 2.68. The number of aromatic nitrogens is 2. The van der Waals surface area contributed by atoms with Crippen molar-refractivity contribution in [3.8, 4) is 0 Å². The van der Waals surface area contributed by atoms with Crippen LogP contribution in [0.2, 0.25) is 0 Å². The molecular weight excluding hydrogens is 220 g/mol. The molecule has 1 heterocycles. The fourth-order valence-electron chi connectivity index (χ4n) is 1.09. The molecule has 0 fully saturated rings.